The SMILES string of the molecule is CCCCc1ccccc1.CCCOC(=O)C1Cc2ccccc2CN1C(=O)C(C)NCC(=O)O.CCCO[N+](=O)[O-]. The Balaban J connectivity index is 0.000000423. The first kappa shape index (κ1) is 36.0. The number of unbranched alkanes of at least 4 members (excludes halogenated alkanes) is 1. The molecule has 1 amide bonds. The van der Waals surface area contributed by atoms with Crippen molar-refractivity contribution in [2.75, 3.05) is 19.8 Å². The standard InChI is InChI=1S/C18H24N2O5.C10H14.C3H7NO3/c1-3-8-25-18(24)15-9-13-6-4-5-7-14(13)11-20(15)17(23)12(2)19-10-16(21)22;1-2-3-7-10-8-5-4-6-9-10;1-2-3-7-4(5)6/h4-7,12,15,19H,3,8-11H2,1-2H3,(H,21,22);4-6,8-9H,2-3,7H2,1H3;2-3H2,1H3. The van der Waals surface area contributed by atoms with Crippen molar-refractivity contribution in [1.29, 1.82) is 0 Å². The first-order valence-electron chi connectivity index (χ1n) is 14.4. The molecule has 232 valence electrons. The largest absolute Gasteiger partial charge is 0.480 e. The second-order valence-electron chi connectivity index (χ2n) is 9.76. The second kappa shape index (κ2) is 20.8. The van der Waals surface area contributed by atoms with Crippen LogP contribution >= 0.6 is 0 Å². The molecule has 2 unspecified atom stereocenters. The van der Waals surface area contributed by atoms with Crippen molar-refractivity contribution in [3.8, 4) is 0 Å². The van der Waals surface area contributed by atoms with Crippen LogP contribution in [0.3, 0.4) is 0 Å². The van der Waals surface area contributed by atoms with Crippen LogP contribution in [-0.2, 0) is 43.3 Å². The number of hydrogen-bond donors (Lipinski definition) is 2. The number of carbonyl (C=O) groups is 3. The van der Waals surface area contributed by atoms with Gasteiger partial charge in [-0.2, -0.15) is 0 Å². The van der Waals surface area contributed by atoms with Gasteiger partial charge in [0.15, 0.2) is 0 Å². The molecule has 2 aromatic carbocycles. The van der Waals surface area contributed by atoms with Gasteiger partial charge >= 0.3 is 11.9 Å². The van der Waals surface area contributed by atoms with Crippen LogP contribution in [0.1, 0.15) is 70.1 Å². The predicted molar refractivity (Wildman–Crippen MR) is 159 cm³/mol. The van der Waals surface area contributed by atoms with Crippen LogP contribution in [0.5, 0.6) is 0 Å². The van der Waals surface area contributed by atoms with Gasteiger partial charge in [-0.15, -0.1) is 10.1 Å². The van der Waals surface area contributed by atoms with Crippen molar-refractivity contribution in [3.63, 3.8) is 0 Å². The maximum absolute atomic E-state index is 12.8. The Morgan fingerprint density at radius 3 is 2.17 bits per heavy atom. The number of aryl methyl sites for hydroxylation is 1. The molecule has 2 atom stereocenters. The highest BCUT2D eigenvalue weighted by Gasteiger charge is 2.37. The number of nitrogens with one attached hydrogen (secondary N) is 1. The third-order valence-corrected chi connectivity index (χ3v) is 6.24. The molecule has 0 aromatic heterocycles. The minimum absolute atomic E-state index is 0.201. The van der Waals surface area contributed by atoms with E-state index in [1.807, 2.05) is 38.1 Å². The van der Waals surface area contributed by atoms with E-state index in [2.05, 4.69) is 47.4 Å². The molecule has 3 rings (SSSR count). The van der Waals surface area contributed by atoms with Gasteiger partial charge in [-0.05, 0) is 49.3 Å². The van der Waals surface area contributed by atoms with E-state index in [-0.39, 0.29) is 19.1 Å². The average molecular weight is 588 g/mol. The maximum Gasteiger partial charge on any atom is 0.329 e. The van der Waals surface area contributed by atoms with Crippen LogP contribution in [0.4, 0.5) is 0 Å². The zero-order valence-electron chi connectivity index (χ0n) is 25.1. The van der Waals surface area contributed by atoms with E-state index in [9.17, 15) is 24.5 Å². The van der Waals surface area contributed by atoms with Gasteiger partial charge in [0.05, 0.1) is 25.8 Å². The third kappa shape index (κ3) is 14.1. The van der Waals surface area contributed by atoms with Crippen LogP contribution in [0.25, 0.3) is 0 Å². The van der Waals surface area contributed by atoms with E-state index in [0.29, 0.717) is 32.4 Å². The third-order valence-electron chi connectivity index (χ3n) is 6.24. The summed E-state index contributed by atoms with van der Waals surface area (Å²) in [5, 5.41) is 20.0. The molecule has 0 aliphatic carbocycles. The summed E-state index contributed by atoms with van der Waals surface area (Å²) in [6.45, 7) is 8.04. The van der Waals surface area contributed by atoms with Crippen molar-refractivity contribution in [1.82, 2.24) is 10.2 Å². The van der Waals surface area contributed by atoms with Gasteiger partial charge in [0.2, 0.25) is 5.91 Å². The van der Waals surface area contributed by atoms with Crippen molar-refractivity contribution >= 4 is 17.8 Å². The fourth-order valence-electron chi connectivity index (χ4n) is 4.03. The number of aliphatic carboxylic acids is 1. The Labute approximate surface area is 248 Å². The minimum atomic E-state index is -1.04. The average Bonchev–Trinajstić information content (AvgIpc) is 3.00. The van der Waals surface area contributed by atoms with Crippen LogP contribution in [0.15, 0.2) is 54.6 Å². The lowest BCUT2D eigenvalue weighted by Crippen LogP contribution is -2.55. The van der Waals surface area contributed by atoms with E-state index in [1.165, 1.54) is 29.7 Å². The van der Waals surface area contributed by atoms with Crippen LogP contribution < -0.4 is 5.32 Å². The number of carboxylic acids is 1. The normalized spacial score (nSPS) is 14.1. The van der Waals surface area contributed by atoms with Gasteiger partial charge in [0.25, 0.3) is 5.09 Å². The monoisotopic (exact) mass is 587 g/mol. The predicted octanol–water partition coefficient (Wildman–Crippen LogP) is 4.59. The molecular formula is C31H45N3O8. The van der Waals surface area contributed by atoms with Gasteiger partial charge < -0.3 is 19.6 Å². The van der Waals surface area contributed by atoms with Crippen molar-refractivity contribution in [2.24, 2.45) is 0 Å². The number of benzene rings is 2. The topological polar surface area (TPSA) is 148 Å². The van der Waals surface area contributed by atoms with Gasteiger partial charge in [-0.25, -0.2) is 4.79 Å². The first-order valence-corrected chi connectivity index (χ1v) is 14.4. The molecule has 1 aliphatic rings. The minimum Gasteiger partial charge on any atom is -0.480 e. The highest BCUT2D eigenvalue weighted by molar-refractivity contribution is 5.88. The van der Waals surface area contributed by atoms with E-state index in [1.54, 1.807) is 6.92 Å². The fourth-order valence-corrected chi connectivity index (χ4v) is 4.03. The number of nitrogens with zero attached hydrogens (tertiary/aromatic N) is 2. The van der Waals surface area contributed by atoms with E-state index >= 15 is 0 Å². The van der Waals surface area contributed by atoms with E-state index < -0.39 is 29.1 Å². The van der Waals surface area contributed by atoms with Crippen LogP contribution in [0, 0.1) is 10.1 Å². The Kier molecular flexibility index (Phi) is 17.9. The number of hydrogen-bond acceptors (Lipinski definition) is 8. The molecule has 0 bridgehead atoms. The van der Waals surface area contributed by atoms with Gasteiger partial charge in [-0.1, -0.05) is 81.8 Å². The molecule has 11 nitrogen and oxygen atoms in total. The number of carboxylic acid groups (broad SMARTS) is 1. The van der Waals surface area contributed by atoms with Crippen molar-refractivity contribution in [3.05, 3.63) is 81.4 Å². The highest BCUT2D eigenvalue weighted by atomic mass is 16.9. The quantitative estimate of drug-likeness (QED) is 0.195. The molecule has 42 heavy (non-hydrogen) atoms. The lowest BCUT2D eigenvalue weighted by molar-refractivity contribution is -0.757. The molecular weight excluding hydrogens is 542 g/mol. The van der Waals surface area contributed by atoms with E-state index in [0.717, 1.165) is 11.1 Å². The highest BCUT2D eigenvalue weighted by Crippen LogP contribution is 2.25. The van der Waals surface area contributed by atoms with Crippen molar-refractivity contribution < 1.29 is 34.2 Å². The van der Waals surface area contributed by atoms with E-state index in [4.69, 9.17) is 9.84 Å². The van der Waals surface area contributed by atoms with Crippen LogP contribution in [-0.4, -0.2) is 64.8 Å². The smallest absolute Gasteiger partial charge is 0.329 e. The molecule has 11 heteroatoms. The zero-order chi connectivity index (χ0) is 31.3. The van der Waals surface area contributed by atoms with Gasteiger partial charge in [0.1, 0.15) is 6.04 Å². The summed E-state index contributed by atoms with van der Waals surface area (Å²) in [5.74, 6) is -1.77. The van der Waals surface area contributed by atoms with Gasteiger partial charge in [0, 0.05) is 13.0 Å². The Morgan fingerprint density at radius 2 is 1.62 bits per heavy atom. The summed E-state index contributed by atoms with van der Waals surface area (Å²) in [6, 6.07) is 16.9. The molecule has 2 aromatic rings. The summed E-state index contributed by atoms with van der Waals surface area (Å²) in [5.41, 5.74) is 3.47. The molecule has 0 saturated heterocycles. The lowest BCUT2D eigenvalue weighted by Gasteiger charge is -2.37. The number of amides is 1. The summed E-state index contributed by atoms with van der Waals surface area (Å²) in [4.78, 5) is 50.6. The molecule has 0 saturated carbocycles. The zero-order valence-corrected chi connectivity index (χ0v) is 25.1. The van der Waals surface area contributed by atoms with Gasteiger partial charge in [-0.3, -0.25) is 14.9 Å². The second-order valence-corrected chi connectivity index (χ2v) is 9.76. The molecule has 0 spiro atoms. The lowest BCUT2D eigenvalue weighted by atomic mass is 9.93. The summed E-state index contributed by atoms with van der Waals surface area (Å²) in [6.07, 6.45) is 5.62. The maximum atomic E-state index is 12.8. The number of carbonyl (C=O) groups excluding carboxylic acids is 2. The number of esters is 1. The molecule has 2 N–H and O–H groups in total. The number of ether oxygens (including phenoxy) is 1. The number of rotatable bonds is 13. The fraction of sp³-hybridized carbons (Fsp3) is 0.516. The summed E-state index contributed by atoms with van der Waals surface area (Å²) < 4.78 is 5.26. The molecule has 0 radical (unpaired) electrons. The molecule has 1 aliphatic heterocycles. The molecule has 1 heterocycles. The van der Waals surface area contributed by atoms with Crippen LogP contribution in [0.2, 0.25) is 0 Å². The number of fused-ring (bicyclic) bond motifs is 1. The summed E-state index contributed by atoms with van der Waals surface area (Å²) >= 11 is 0. The summed E-state index contributed by atoms with van der Waals surface area (Å²) in [7, 11) is 0. The Morgan fingerprint density at radius 1 is 1.00 bits per heavy atom. The van der Waals surface area contributed by atoms with Crippen molar-refractivity contribution in [2.45, 2.75) is 84.8 Å². The Hall–Kier alpha value is -3.99. The first-order chi connectivity index (χ1) is 20.1. The molecule has 0 fully saturated rings. The Bertz CT molecular complexity index is 1100.